The van der Waals surface area contributed by atoms with Crippen molar-refractivity contribution in [3.05, 3.63) is 46.3 Å². The van der Waals surface area contributed by atoms with Gasteiger partial charge in [-0.15, -0.1) is 11.3 Å². The molecule has 0 spiro atoms. The standard InChI is InChI=1S/C17H19ClN2O3S2/c1-12-8-10-20(11-9-12)25(22,23)16-7-6-15(24-16)17(21)19-14-4-2-13(18)3-5-14/h2-7,12H,8-11H2,1H3,(H,19,21). The molecule has 2 heterocycles. The Bertz CT molecular complexity index is 854. The summed E-state index contributed by atoms with van der Waals surface area (Å²) < 4.78 is 27.2. The fraction of sp³-hybridized carbons (Fsp3) is 0.353. The molecule has 8 heteroatoms. The predicted molar refractivity (Wildman–Crippen MR) is 101 cm³/mol. The molecule has 0 unspecified atom stereocenters. The Hall–Kier alpha value is -1.41. The molecule has 1 amide bonds. The van der Waals surface area contributed by atoms with Gasteiger partial charge >= 0.3 is 0 Å². The molecule has 5 nitrogen and oxygen atoms in total. The van der Waals surface area contributed by atoms with E-state index in [-0.39, 0.29) is 10.1 Å². The Morgan fingerprint density at radius 1 is 1.16 bits per heavy atom. The summed E-state index contributed by atoms with van der Waals surface area (Å²) in [6.45, 7) is 3.20. The first-order valence-electron chi connectivity index (χ1n) is 8.03. The number of carbonyl (C=O) groups is 1. The summed E-state index contributed by atoms with van der Waals surface area (Å²) in [5.74, 6) is 0.219. The van der Waals surface area contributed by atoms with E-state index >= 15 is 0 Å². The van der Waals surface area contributed by atoms with E-state index in [1.54, 1.807) is 30.3 Å². The molecular formula is C17H19ClN2O3S2. The molecule has 0 aliphatic carbocycles. The fourth-order valence-corrected chi connectivity index (χ4v) is 5.61. The van der Waals surface area contributed by atoms with Crippen LogP contribution < -0.4 is 5.32 Å². The summed E-state index contributed by atoms with van der Waals surface area (Å²) in [6, 6.07) is 9.81. The fourth-order valence-electron chi connectivity index (χ4n) is 2.66. The van der Waals surface area contributed by atoms with Gasteiger partial charge in [0, 0.05) is 23.8 Å². The van der Waals surface area contributed by atoms with Crippen molar-refractivity contribution in [2.45, 2.75) is 24.0 Å². The van der Waals surface area contributed by atoms with Gasteiger partial charge in [-0.25, -0.2) is 8.42 Å². The number of carbonyl (C=O) groups excluding carboxylic acids is 1. The van der Waals surface area contributed by atoms with E-state index in [1.165, 1.54) is 10.4 Å². The summed E-state index contributed by atoms with van der Waals surface area (Å²) in [5, 5.41) is 3.32. The van der Waals surface area contributed by atoms with Gasteiger partial charge in [0.05, 0.1) is 4.88 Å². The Kier molecular flexibility index (Phi) is 5.48. The van der Waals surface area contributed by atoms with Gasteiger partial charge in [-0.3, -0.25) is 4.79 Å². The molecule has 0 bridgehead atoms. The average Bonchev–Trinajstić information content (AvgIpc) is 3.08. The third-order valence-electron chi connectivity index (χ3n) is 4.24. The van der Waals surface area contributed by atoms with Crippen molar-refractivity contribution in [2.75, 3.05) is 18.4 Å². The minimum atomic E-state index is -3.52. The molecular weight excluding hydrogens is 380 g/mol. The maximum atomic E-state index is 12.7. The highest BCUT2D eigenvalue weighted by Crippen LogP contribution is 2.28. The number of benzene rings is 1. The first kappa shape index (κ1) is 18.4. The molecule has 134 valence electrons. The van der Waals surface area contributed by atoms with Crippen molar-refractivity contribution in [2.24, 2.45) is 5.92 Å². The van der Waals surface area contributed by atoms with Gasteiger partial charge in [0.2, 0.25) is 0 Å². The highest BCUT2D eigenvalue weighted by atomic mass is 35.5. The van der Waals surface area contributed by atoms with Crippen LogP contribution in [0.15, 0.2) is 40.6 Å². The van der Waals surface area contributed by atoms with Gasteiger partial charge in [-0.1, -0.05) is 18.5 Å². The number of amides is 1. The number of anilines is 1. The van der Waals surface area contributed by atoms with E-state index in [1.807, 2.05) is 0 Å². The van der Waals surface area contributed by atoms with E-state index in [0.717, 1.165) is 24.2 Å². The van der Waals surface area contributed by atoms with E-state index in [2.05, 4.69) is 12.2 Å². The van der Waals surface area contributed by atoms with Crippen molar-refractivity contribution < 1.29 is 13.2 Å². The van der Waals surface area contributed by atoms with Crippen LogP contribution in [0.3, 0.4) is 0 Å². The minimum absolute atomic E-state index is 0.211. The van der Waals surface area contributed by atoms with E-state index < -0.39 is 10.0 Å². The van der Waals surface area contributed by atoms with Crippen LogP contribution in [0.4, 0.5) is 5.69 Å². The average molecular weight is 399 g/mol. The van der Waals surface area contributed by atoms with Crippen molar-refractivity contribution in [1.82, 2.24) is 4.31 Å². The number of piperidine rings is 1. The lowest BCUT2D eigenvalue weighted by Crippen LogP contribution is -2.37. The molecule has 1 aliphatic rings. The number of nitrogens with zero attached hydrogens (tertiary/aromatic N) is 1. The van der Waals surface area contributed by atoms with Gasteiger partial charge in [-0.2, -0.15) is 4.31 Å². The zero-order valence-corrected chi connectivity index (χ0v) is 16.1. The van der Waals surface area contributed by atoms with Crippen LogP contribution >= 0.6 is 22.9 Å². The van der Waals surface area contributed by atoms with Crippen LogP contribution in [0, 0.1) is 5.92 Å². The topological polar surface area (TPSA) is 66.5 Å². The van der Waals surface area contributed by atoms with E-state index in [0.29, 0.717) is 34.6 Å². The zero-order chi connectivity index (χ0) is 18.0. The Morgan fingerprint density at radius 2 is 1.80 bits per heavy atom. The molecule has 3 rings (SSSR count). The lowest BCUT2D eigenvalue weighted by Gasteiger charge is -2.28. The Morgan fingerprint density at radius 3 is 2.44 bits per heavy atom. The molecule has 1 aromatic carbocycles. The first-order valence-corrected chi connectivity index (χ1v) is 10.7. The third-order valence-corrected chi connectivity index (χ3v) is 7.95. The Balaban J connectivity index is 1.73. The van der Waals surface area contributed by atoms with Crippen LogP contribution in [0.2, 0.25) is 5.02 Å². The summed E-state index contributed by atoms with van der Waals surface area (Å²) >= 11 is 6.82. The van der Waals surface area contributed by atoms with Gasteiger partial charge in [0.25, 0.3) is 15.9 Å². The SMILES string of the molecule is CC1CCN(S(=O)(=O)c2ccc(C(=O)Nc3ccc(Cl)cc3)s2)CC1. The second-order valence-electron chi connectivity index (χ2n) is 6.17. The zero-order valence-electron chi connectivity index (χ0n) is 13.7. The van der Waals surface area contributed by atoms with Crippen LogP contribution in [0.25, 0.3) is 0 Å². The molecule has 2 aromatic rings. The van der Waals surface area contributed by atoms with Crippen LogP contribution in [-0.4, -0.2) is 31.7 Å². The van der Waals surface area contributed by atoms with Crippen molar-refractivity contribution in [3.8, 4) is 0 Å². The maximum Gasteiger partial charge on any atom is 0.265 e. The number of thiophene rings is 1. The predicted octanol–water partition coefficient (Wildman–Crippen LogP) is 4.07. The lowest BCUT2D eigenvalue weighted by atomic mass is 10.0. The molecule has 1 saturated heterocycles. The second-order valence-corrected chi connectivity index (χ2v) is 9.85. The van der Waals surface area contributed by atoms with Crippen LogP contribution in [-0.2, 0) is 10.0 Å². The van der Waals surface area contributed by atoms with Crippen molar-refractivity contribution in [1.29, 1.82) is 0 Å². The molecule has 1 N–H and O–H groups in total. The van der Waals surface area contributed by atoms with Crippen molar-refractivity contribution >= 4 is 44.6 Å². The van der Waals surface area contributed by atoms with Crippen LogP contribution in [0.1, 0.15) is 29.4 Å². The van der Waals surface area contributed by atoms with E-state index in [9.17, 15) is 13.2 Å². The smallest absolute Gasteiger partial charge is 0.265 e. The number of hydrogen-bond donors (Lipinski definition) is 1. The van der Waals surface area contributed by atoms with Crippen LogP contribution in [0.5, 0.6) is 0 Å². The van der Waals surface area contributed by atoms with Crippen molar-refractivity contribution in [3.63, 3.8) is 0 Å². The summed E-state index contributed by atoms with van der Waals surface area (Å²) in [4.78, 5) is 12.7. The largest absolute Gasteiger partial charge is 0.321 e. The third kappa shape index (κ3) is 4.23. The molecule has 25 heavy (non-hydrogen) atoms. The normalized spacial score (nSPS) is 16.7. The lowest BCUT2D eigenvalue weighted by molar-refractivity contribution is 0.103. The minimum Gasteiger partial charge on any atom is -0.321 e. The maximum absolute atomic E-state index is 12.7. The summed E-state index contributed by atoms with van der Waals surface area (Å²) in [5.41, 5.74) is 0.609. The number of rotatable bonds is 4. The second kappa shape index (κ2) is 7.45. The van der Waals surface area contributed by atoms with Gasteiger partial charge in [-0.05, 0) is 55.2 Å². The van der Waals surface area contributed by atoms with Gasteiger partial charge in [0.1, 0.15) is 4.21 Å². The molecule has 0 saturated carbocycles. The molecule has 0 atom stereocenters. The first-order chi connectivity index (χ1) is 11.9. The summed E-state index contributed by atoms with van der Waals surface area (Å²) in [6.07, 6.45) is 1.74. The monoisotopic (exact) mass is 398 g/mol. The highest BCUT2D eigenvalue weighted by Gasteiger charge is 2.29. The van der Waals surface area contributed by atoms with E-state index in [4.69, 9.17) is 11.6 Å². The van der Waals surface area contributed by atoms with Gasteiger partial charge in [0.15, 0.2) is 0 Å². The number of halogens is 1. The molecule has 1 aromatic heterocycles. The quantitative estimate of drug-likeness (QED) is 0.843. The molecule has 0 radical (unpaired) electrons. The Labute approximate surface area is 156 Å². The summed E-state index contributed by atoms with van der Waals surface area (Å²) in [7, 11) is -3.52. The molecule has 1 aliphatic heterocycles. The van der Waals surface area contributed by atoms with Gasteiger partial charge < -0.3 is 5.32 Å². The number of hydrogen-bond acceptors (Lipinski definition) is 4. The molecule has 1 fully saturated rings. The number of sulfonamides is 1. The highest BCUT2D eigenvalue weighted by molar-refractivity contribution is 7.91. The number of nitrogens with one attached hydrogen (secondary N) is 1.